The molecule has 17 heteroatoms. The maximum absolute atomic E-state index is 13.6. The van der Waals surface area contributed by atoms with E-state index in [1.54, 1.807) is 29.7 Å². The van der Waals surface area contributed by atoms with E-state index in [9.17, 15) is 39.9 Å². The van der Waals surface area contributed by atoms with E-state index in [4.69, 9.17) is 13.6 Å². The largest absolute Gasteiger partial charge is 0.433 e. The molecule has 0 radical (unpaired) electrons. The van der Waals surface area contributed by atoms with E-state index >= 15 is 0 Å². The lowest BCUT2D eigenvalue weighted by Crippen LogP contribution is -2.30. The van der Waals surface area contributed by atoms with Crippen molar-refractivity contribution < 1.29 is 47.8 Å². The highest BCUT2D eigenvalue weighted by Gasteiger charge is 2.35. The fourth-order valence-corrected chi connectivity index (χ4v) is 7.42. The second kappa shape index (κ2) is 16.4. The van der Waals surface area contributed by atoms with Crippen LogP contribution in [0.5, 0.6) is 0 Å². The van der Waals surface area contributed by atoms with Crippen LogP contribution >= 0.6 is 0 Å². The van der Waals surface area contributed by atoms with Crippen molar-refractivity contribution in [3.63, 3.8) is 0 Å². The third-order valence-corrected chi connectivity index (χ3v) is 12.4. The summed E-state index contributed by atoms with van der Waals surface area (Å²) in [5, 5.41) is 25.6. The number of alkyl halides is 3. The number of carbonyl (C=O) groups is 1. The first kappa shape index (κ1) is 37.8. The molecule has 5 N–H and O–H groups in total. The number of amides is 1. The van der Waals surface area contributed by atoms with Gasteiger partial charge in [-0.15, -0.1) is 0 Å². The number of aliphatic hydroxyl groups excluding tert-OH is 2. The van der Waals surface area contributed by atoms with Crippen molar-refractivity contribution in [2.45, 2.75) is 67.3 Å². The zero-order chi connectivity index (χ0) is 41.2. The molecule has 5 aromatic rings. The van der Waals surface area contributed by atoms with Crippen LogP contribution < -0.4 is 11.1 Å². The quantitative estimate of drug-likeness (QED) is 0.128. The molecule has 1 saturated carbocycles. The van der Waals surface area contributed by atoms with Gasteiger partial charge in [0, 0.05) is 34.4 Å². The maximum atomic E-state index is 13.6. The number of halogens is 3. The number of sulfone groups is 2. The number of benzene rings is 3. The van der Waals surface area contributed by atoms with Gasteiger partial charge in [-0.25, -0.2) is 16.8 Å². The summed E-state index contributed by atoms with van der Waals surface area (Å²) in [6, 6.07) is 17.6. The van der Waals surface area contributed by atoms with E-state index in [2.05, 4.69) is 10.4 Å². The summed E-state index contributed by atoms with van der Waals surface area (Å²) >= 11 is 0. The van der Waals surface area contributed by atoms with Crippen LogP contribution in [0.2, 0.25) is 0 Å². The molecule has 0 unspecified atom stereocenters. The van der Waals surface area contributed by atoms with Crippen LogP contribution in [0, 0.1) is 0 Å². The van der Waals surface area contributed by atoms with Crippen LogP contribution in [0.15, 0.2) is 94.9 Å². The number of hydrogen-bond donors (Lipinski definition) is 4. The number of fused-ring (bicyclic) bond motifs is 1. The van der Waals surface area contributed by atoms with Gasteiger partial charge in [0.15, 0.2) is 19.7 Å². The molecular weight excluding hydrogens is 748 g/mol. The standard InChI is InChI=1S/C27H27F3N4O4S.C10H15NO3S/c1-2-39(37,38)22-8-3-17(4-9-22)23(16-35)32-26(36)18-5-10-24-19(13-18)14-21(34(24)20-6-7-20)15-33-25(11-12-31-33)27(28,29)30;1-2-15(13,14)9-5-3-8(4-6-9)10(11)7-12/h3-5,8-14,20,23,35H,2,6-7,15-16H2,1H3,(H,32,36);3-6,10,12H,2,7,11H2,1H3/t23-;10-/m00/s1/i15D2;. The normalized spacial score (nSPS) is 15.5. The molecule has 290 valence electrons. The highest BCUT2D eigenvalue weighted by Crippen LogP contribution is 2.40. The lowest BCUT2D eigenvalue weighted by atomic mass is 10.1. The van der Waals surface area contributed by atoms with Crippen molar-refractivity contribution in [1.29, 1.82) is 0 Å². The van der Waals surface area contributed by atoms with Gasteiger partial charge >= 0.3 is 6.18 Å². The average Bonchev–Trinajstić information content (AvgIpc) is 3.72. The van der Waals surface area contributed by atoms with Crippen LogP contribution in [0.25, 0.3) is 10.9 Å². The molecule has 12 nitrogen and oxygen atoms in total. The number of aromatic nitrogens is 3. The van der Waals surface area contributed by atoms with Gasteiger partial charge in [-0.05, 0) is 78.6 Å². The molecule has 1 amide bonds. The molecule has 2 atom stereocenters. The van der Waals surface area contributed by atoms with E-state index in [0.29, 0.717) is 26.0 Å². The third kappa shape index (κ3) is 9.21. The Hall–Kier alpha value is -4.55. The first-order valence-corrected chi connectivity index (χ1v) is 20.3. The number of hydrogen-bond acceptors (Lipinski definition) is 9. The third-order valence-electron chi connectivity index (χ3n) is 8.92. The summed E-state index contributed by atoms with van der Waals surface area (Å²) in [6.07, 6.45) is -2.44. The Bertz CT molecular complexity index is 2400. The molecule has 1 fully saturated rings. The highest BCUT2D eigenvalue weighted by molar-refractivity contribution is 7.91. The summed E-state index contributed by atoms with van der Waals surface area (Å²) in [7, 11) is -6.56. The van der Waals surface area contributed by atoms with Gasteiger partial charge in [0.2, 0.25) is 0 Å². The summed E-state index contributed by atoms with van der Waals surface area (Å²) < 4.78 is 107. The van der Waals surface area contributed by atoms with Crippen molar-refractivity contribution in [2.75, 3.05) is 24.7 Å². The zero-order valence-electron chi connectivity index (χ0n) is 31.4. The smallest absolute Gasteiger partial charge is 0.394 e. The van der Waals surface area contributed by atoms with E-state index < -0.39 is 62.6 Å². The van der Waals surface area contributed by atoms with E-state index in [1.165, 1.54) is 61.5 Å². The van der Waals surface area contributed by atoms with Gasteiger partial charge in [-0.3, -0.25) is 9.48 Å². The lowest BCUT2D eigenvalue weighted by Gasteiger charge is -2.17. The Morgan fingerprint density at radius 2 is 1.48 bits per heavy atom. The molecular formula is C37H42F3N5O7S2. The first-order chi connectivity index (χ1) is 26.3. The molecule has 2 heterocycles. The van der Waals surface area contributed by atoms with Gasteiger partial charge in [0.25, 0.3) is 5.91 Å². The monoisotopic (exact) mass is 791 g/mol. The van der Waals surface area contributed by atoms with Gasteiger partial charge in [-0.2, -0.15) is 18.3 Å². The molecule has 1 aliphatic carbocycles. The van der Waals surface area contributed by atoms with E-state index in [1.807, 2.05) is 0 Å². The van der Waals surface area contributed by atoms with Crippen LogP contribution in [-0.4, -0.2) is 72.0 Å². The SMILES string of the molecule is CCS(=O)(=O)c1ccc([C@@H](N)CO)cc1.[2H]C([2H])(c1cc2cc(C(=O)N[C@@H](CO)c3ccc(S(=O)(=O)CC)cc3)ccc2n1C1CC1)n1nccc1C(F)(F)F. The second-order valence-corrected chi connectivity index (χ2v) is 17.1. The topological polar surface area (TPSA) is 187 Å². The van der Waals surface area contributed by atoms with Crippen molar-refractivity contribution in [2.24, 2.45) is 5.73 Å². The predicted molar refractivity (Wildman–Crippen MR) is 196 cm³/mol. The molecule has 3 aromatic carbocycles. The van der Waals surface area contributed by atoms with E-state index in [0.717, 1.165) is 30.7 Å². The van der Waals surface area contributed by atoms with Gasteiger partial charge < -0.3 is 25.8 Å². The molecule has 0 bridgehead atoms. The fourth-order valence-electron chi connectivity index (χ4n) is 5.65. The maximum Gasteiger partial charge on any atom is 0.433 e. The summed E-state index contributed by atoms with van der Waals surface area (Å²) in [4.78, 5) is 13.6. The highest BCUT2D eigenvalue weighted by atomic mass is 32.2. The Labute approximate surface area is 314 Å². The van der Waals surface area contributed by atoms with Crippen molar-refractivity contribution >= 4 is 36.5 Å². The molecule has 0 aliphatic heterocycles. The minimum Gasteiger partial charge on any atom is -0.394 e. The van der Waals surface area contributed by atoms with Crippen LogP contribution in [0.4, 0.5) is 13.2 Å². The number of carbonyl (C=O) groups excluding carboxylic acids is 1. The molecule has 0 spiro atoms. The minimum atomic E-state index is -4.81. The van der Waals surface area contributed by atoms with Crippen LogP contribution in [0.3, 0.4) is 0 Å². The molecule has 6 rings (SSSR count). The second-order valence-electron chi connectivity index (χ2n) is 12.6. The average molecular weight is 792 g/mol. The van der Waals surface area contributed by atoms with Crippen molar-refractivity contribution in [3.8, 4) is 0 Å². The zero-order valence-corrected chi connectivity index (χ0v) is 31.0. The number of nitrogens with zero attached hydrogens (tertiary/aromatic N) is 3. The summed E-state index contributed by atoms with van der Waals surface area (Å²) in [5.41, 5.74) is 6.33. The van der Waals surface area contributed by atoms with Gasteiger partial charge in [0.1, 0.15) is 5.69 Å². The Morgan fingerprint density at radius 3 is 1.98 bits per heavy atom. The molecule has 1 aliphatic rings. The van der Waals surface area contributed by atoms with Crippen molar-refractivity contribution in [3.05, 3.63) is 113 Å². The Kier molecular flexibility index (Phi) is 11.5. The summed E-state index contributed by atoms with van der Waals surface area (Å²) in [5.74, 6) is -0.531. The molecule has 2 aromatic heterocycles. The number of nitrogens with one attached hydrogen (secondary N) is 1. The van der Waals surface area contributed by atoms with Crippen molar-refractivity contribution in [1.82, 2.24) is 19.7 Å². The van der Waals surface area contributed by atoms with E-state index in [-0.39, 0.29) is 40.3 Å². The van der Waals surface area contributed by atoms with Gasteiger partial charge in [-0.1, -0.05) is 38.1 Å². The summed E-state index contributed by atoms with van der Waals surface area (Å²) in [6.45, 7) is -0.119. The number of rotatable bonds is 13. The first-order valence-electron chi connectivity index (χ1n) is 18.0. The Morgan fingerprint density at radius 1 is 0.907 bits per heavy atom. The number of nitrogens with two attached hydrogens (primary N) is 1. The number of aliphatic hydroxyl groups is 2. The van der Waals surface area contributed by atoms with Crippen LogP contribution in [0.1, 0.15) is 80.4 Å². The molecule has 54 heavy (non-hydrogen) atoms. The minimum absolute atomic E-state index is 0.0166. The lowest BCUT2D eigenvalue weighted by molar-refractivity contribution is -0.144. The Balaban J connectivity index is 0.000000337. The van der Waals surface area contributed by atoms with Gasteiger partial charge in [0.05, 0.1) is 55.8 Å². The van der Waals surface area contributed by atoms with Crippen LogP contribution in [-0.2, 0) is 32.3 Å². The fraction of sp³-hybridized carbons (Fsp3) is 0.351. The molecule has 0 saturated heterocycles. The predicted octanol–water partition coefficient (Wildman–Crippen LogP) is 4.97.